The molecule has 0 aliphatic carbocycles. The summed E-state index contributed by atoms with van der Waals surface area (Å²) in [6.45, 7) is 6.43. The van der Waals surface area contributed by atoms with E-state index >= 15 is 0 Å². The van der Waals surface area contributed by atoms with E-state index in [1.807, 2.05) is 0 Å². The van der Waals surface area contributed by atoms with Gasteiger partial charge in [0.15, 0.2) is 0 Å². The number of hydrogen-bond acceptors (Lipinski definition) is 2. The average molecular weight is 188 g/mol. The van der Waals surface area contributed by atoms with Crippen molar-refractivity contribution in [1.29, 1.82) is 0 Å². The van der Waals surface area contributed by atoms with Crippen molar-refractivity contribution in [3.05, 3.63) is 0 Å². The molecule has 0 radical (unpaired) electrons. The first kappa shape index (κ1) is 10.9. The van der Waals surface area contributed by atoms with Crippen LogP contribution in [0.15, 0.2) is 0 Å². The van der Waals surface area contributed by atoms with E-state index in [0.29, 0.717) is 5.92 Å². The van der Waals surface area contributed by atoms with E-state index in [1.165, 1.54) is 0 Å². The molecule has 0 saturated carbocycles. The molecule has 13 heavy (non-hydrogen) atoms. The highest BCUT2D eigenvalue weighted by atomic mass is 19.1. The molecule has 0 aromatic heterocycles. The van der Waals surface area contributed by atoms with Gasteiger partial charge in [-0.25, -0.2) is 4.39 Å². The molecule has 78 valence electrons. The third-order valence-corrected chi connectivity index (χ3v) is 3.24. The van der Waals surface area contributed by atoms with Crippen LogP contribution in [0.25, 0.3) is 0 Å². The van der Waals surface area contributed by atoms with Gasteiger partial charge < -0.3 is 11.1 Å². The number of piperidine rings is 1. The fraction of sp³-hybridized carbons (Fsp3) is 1.00. The lowest BCUT2D eigenvalue weighted by atomic mass is 9.82. The third-order valence-electron chi connectivity index (χ3n) is 3.24. The Labute approximate surface area is 80.1 Å². The molecule has 0 bridgehead atoms. The van der Waals surface area contributed by atoms with Gasteiger partial charge in [-0.05, 0) is 39.2 Å². The molecule has 3 N–H and O–H groups in total. The number of halogens is 1. The molecule has 1 rings (SSSR count). The normalized spacial score (nSPS) is 36.7. The maximum atomic E-state index is 14.1. The molecule has 0 aromatic carbocycles. The van der Waals surface area contributed by atoms with Crippen LogP contribution in [0, 0.1) is 5.92 Å². The Hall–Kier alpha value is -0.150. The van der Waals surface area contributed by atoms with Crippen LogP contribution in [-0.2, 0) is 0 Å². The molecule has 1 fully saturated rings. The topological polar surface area (TPSA) is 38.0 Å². The summed E-state index contributed by atoms with van der Waals surface area (Å²) in [6.07, 6.45) is 2.04. The number of hydrogen-bond donors (Lipinski definition) is 2. The first-order chi connectivity index (χ1) is 5.94. The number of rotatable bonds is 2. The molecule has 3 heteroatoms. The van der Waals surface area contributed by atoms with Crippen LogP contribution in [0.4, 0.5) is 4.39 Å². The Morgan fingerprint density at radius 1 is 1.62 bits per heavy atom. The highest BCUT2D eigenvalue weighted by Gasteiger charge is 2.39. The summed E-state index contributed by atoms with van der Waals surface area (Å²) < 4.78 is 14.1. The third kappa shape index (κ3) is 2.41. The summed E-state index contributed by atoms with van der Waals surface area (Å²) in [5, 5.41) is 3.22. The molecule has 1 saturated heterocycles. The number of alkyl halides is 1. The zero-order valence-electron chi connectivity index (χ0n) is 8.81. The standard InChI is InChI=1S/C10H21FN2/c1-7-4-5-13-9(6-7)10(3,11)8(2)12/h7-9,13H,4-6,12H2,1-3H3. The SMILES string of the molecule is CC1CCNC(C(C)(F)C(C)N)C1. The van der Waals surface area contributed by atoms with E-state index in [2.05, 4.69) is 12.2 Å². The maximum absolute atomic E-state index is 14.1. The highest BCUT2D eigenvalue weighted by Crippen LogP contribution is 2.27. The van der Waals surface area contributed by atoms with Crippen molar-refractivity contribution in [2.45, 2.75) is 51.4 Å². The predicted molar refractivity (Wildman–Crippen MR) is 53.4 cm³/mol. The Bertz CT molecular complexity index is 168. The summed E-state index contributed by atoms with van der Waals surface area (Å²) in [4.78, 5) is 0. The van der Waals surface area contributed by atoms with Gasteiger partial charge in [-0.1, -0.05) is 6.92 Å². The van der Waals surface area contributed by atoms with Crippen molar-refractivity contribution >= 4 is 0 Å². The monoisotopic (exact) mass is 188 g/mol. The van der Waals surface area contributed by atoms with Crippen molar-refractivity contribution in [2.24, 2.45) is 11.7 Å². The van der Waals surface area contributed by atoms with E-state index in [1.54, 1.807) is 13.8 Å². The minimum absolute atomic E-state index is 0.0729. The minimum atomic E-state index is -1.28. The molecular weight excluding hydrogens is 167 g/mol. The largest absolute Gasteiger partial charge is 0.325 e. The second-order valence-electron chi connectivity index (χ2n) is 4.58. The van der Waals surface area contributed by atoms with Crippen molar-refractivity contribution in [1.82, 2.24) is 5.32 Å². The van der Waals surface area contributed by atoms with E-state index in [9.17, 15) is 4.39 Å². The number of nitrogens with two attached hydrogens (primary N) is 1. The van der Waals surface area contributed by atoms with Crippen LogP contribution in [0.1, 0.15) is 33.6 Å². The Balaban J connectivity index is 2.59. The molecule has 1 heterocycles. The molecule has 4 atom stereocenters. The smallest absolute Gasteiger partial charge is 0.138 e. The summed E-state index contributed by atoms with van der Waals surface area (Å²) in [6, 6.07) is -0.480. The molecule has 2 nitrogen and oxygen atoms in total. The van der Waals surface area contributed by atoms with E-state index in [4.69, 9.17) is 5.73 Å². The molecule has 1 aliphatic rings. The van der Waals surface area contributed by atoms with Gasteiger partial charge in [0.25, 0.3) is 0 Å². The Morgan fingerprint density at radius 3 is 2.69 bits per heavy atom. The second kappa shape index (κ2) is 3.93. The van der Waals surface area contributed by atoms with Crippen LogP contribution < -0.4 is 11.1 Å². The lowest BCUT2D eigenvalue weighted by Crippen LogP contribution is -2.57. The molecule has 4 unspecified atom stereocenters. The second-order valence-corrected chi connectivity index (χ2v) is 4.58. The fourth-order valence-electron chi connectivity index (χ4n) is 1.85. The van der Waals surface area contributed by atoms with Gasteiger partial charge in [-0.2, -0.15) is 0 Å². The quantitative estimate of drug-likeness (QED) is 0.688. The molecule has 0 aromatic rings. The van der Waals surface area contributed by atoms with Gasteiger partial charge in [0.1, 0.15) is 5.67 Å². The molecular formula is C10H21FN2. The molecule has 0 amide bonds. The van der Waals surface area contributed by atoms with Gasteiger partial charge in [0, 0.05) is 12.1 Å². The number of nitrogens with one attached hydrogen (secondary N) is 1. The Kier molecular flexibility index (Phi) is 3.30. The zero-order chi connectivity index (χ0) is 10.1. The predicted octanol–water partition coefficient (Wildman–Crippen LogP) is 1.45. The molecule has 1 aliphatic heterocycles. The lowest BCUT2D eigenvalue weighted by Gasteiger charge is -2.39. The van der Waals surface area contributed by atoms with Crippen LogP contribution in [0.5, 0.6) is 0 Å². The van der Waals surface area contributed by atoms with Gasteiger partial charge in [-0.15, -0.1) is 0 Å². The van der Waals surface area contributed by atoms with Gasteiger partial charge in [0.05, 0.1) is 0 Å². The first-order valence-electron chi connectivity index (χ1n) is 5.12. The lowest BCUT2D eigenvalue weighted by molar-refractivity contribution is 0.0735. The van der Waals surface area contributed by atoms with Crippen LogP contribution in [0.3, 0.4) is 0 Å². The molecule has 0 spiro atoms. The van der Waals surface area contributed by atoms with Crippen LogP contribution >= 0.6 is 0 Å². The van der Waals surface area contributed by atoms with Crippen molar-refractivity contribution in [3.63, 3.8) is 0 Å². The Morgan fingerprint density at radius 2 is 2.23 bits per heavy atom. The summed E-state index contributed by atoms with van der Waals surface area (Å²) >= 11 is 0. The van der Waals surface area contributed by atoms with Crippen molar-refractivity contribution in [3.8, 4) is 0 Å². The van der Waals surface area contributed by atoms with Gasteiger partial charge >= 0.3 is 0 Å². The average Bonchev–Trinajstić information content (AvgIpc) is 2.04. The summed E-state index contributed by atoms with van der Waals surface area (Å²) in [7, 11) is 0. The van der Waals surface area contributed by atoms with Gasteiger partial charge in [0.2, 0.25) is 0 Å². The first-order valence-corrected chi connectivity index (χ1v) is 5.12. The van der Waals surface area contributed by atoms with E-state index in [-0.39, 0.29) is 6.04 Å². The highest BCUT2D eigenvalue weighted by molar-refractivity contribution is 4.96. The van der Waals surface area contributed by atoms with Gasteiger partial charge in [-0.3, -0.25) is 0 Å². The minimum Gasteiger partial charge on any atom is -0.325 e. The van der Waals surface area contributed by atoms with Crippen LogP contribution in [-0.4, -0.2) is 24.3 Å². The van der Waals surface area contributed by atoms with Crippen LogP contribution in [0.2, 0.25) is 0 Å². The van der Waals surface area contributed by atoms with E-state index in [0.717, 1.165) is 19.4 Å². The fourth-order valence-corrected chi connectivity index (χ4v) is 1.85. The van der Waals surface area contributed by atoms with Crippen molar-refractivity contribution in [2.75, 3.05) is 6.54 Å². The zero-order valence-corrected chi connectivity index (χ0v) is 8.81. The van der Waals surface area contributed by atoms with Crippen molar-refractivity contribution < 1.29 is 4.39 Å². The maximum Gasteiger partial charge on any atom is 0.138 e. The summed E-state index contributed by atoms with van der Waals surface area (Å²) in [5.74, 6) is 0.611. The summed E-state index contributed by atoms with van der Waals surface area (Å²) in [5.41, 5.74) is 4.35. The van der Waals surface area contributed by atoms with E-state index < -0.39 is 11.7 Å².